The van der Waals surface area contributed by atoms with E-state index in [1.54, 1.807) is 19.1 Å². The monoisotopic (exact) mass is 358 g/mol. The van der Waals surface area contributed by atoms with Crippen molar-refractivity contribution in [3.8, 4) is 0 Å². The number of aryl methyl sites for hydroxylation is 1. The quantitative estimate of drug-likeness (QED) is 0.812. The standard InChI is InChI=1S/C16H23FN2O4S/c1-11-4-5-12(6-14(11)17)7-16(20)18-15-9-23-8-13(15)10-24(21,22)19(2)3/h4-6,13,15H,7-10H2,1-3H3,(H,18,20)/t13-,15+/m0/s1. The van der Waals surface area contributed by atoms with Crippen LogP contribution in [0.25, 0.3) is 0 Å². The summed E-state index contributed by atoms with van der Waals surface area (Å²) in [5, 5.41) is 2.80. The summed E-state index contributed by atoms with van der Waals surface area (Å²) >= 11 is 0. The summed E-state index contributed by atoms with van der Waals surface area (Å²) in [4.78, 5) is 12.2. The summed E-state index contributed by atoms with van der Waals surface area (Å²) in [6.45, 7) is 2.23. The summed E-state index contributed by atoms with van der Waals surface area (Å²) in [7, 11) is -0.413. The lowest BCUT2D eigenvalue weighted by Crippen LogP contribution is -2.44. The van der Waals surface area contributed by atoms with Crippen molar-refractivity contribution in [2.75, 3.05) is 33.1 Å². The molecule has 24 heavy (non-hydrogen) atoms. The minimum Gasteiger partial charge on any atom is -0.379 e. The Balaban J connectivity index is 1.96. The van der Waals surface area contributed by atoms with Crippen molar-refractivity contribution in [3.63, 3.8) is 0 Å². The molecule has 0 unspecified atom stereocenters. The first kappa shape index (κ1) is 18.8. The third-order valence-corrected chi connectivity index (χ3v) is 6.09. The molecule has 0 saturated carbocycles. The number of carbonyl (C=O) groups excluding carboxylic acids is 1. The van der Waals surface area contributed by atoms with Gasteiger partial charge in [0.1, 0.15) is 5.82 Å². The molecule has 8 heteroatoms. The van der Waals surface area contributed by atoms with E-state index in [0.29, 0.717) is 11.1 Å². The average molecular weight is 358 g/mol. The van der Waals surface area contributed by atoms with Crippen LogP contribution in [0.5, 0.6) is 0 Å². The molecule has 1 saturated heterocycles. The summed E-state index contributed by atoms with van der Waals surface area (Å²) in [6.07, 6.45) is 0.0425. The van der Waals surface area contributed by atoms with Gasteiger partial charge in [-0.1, -0.05) is 12.1 Å². The molecule has 0 aliphatic carbocycles. The molecule has 1 aliphatic heterocycles. The molecule has 0 spiro atoms. The third-order valence-electron chi connectivity index (χ3n) is 4.13. The van der Waals surface area contributed by atoms with Gasteiger partial charge in [-0.25, -0.2) is 17.1 Å². The smallest absolute Gasteiger partial charge is 0.224 e. The Labute approximate surface area is 142 Å². The highest BCUT2D eigenvalue weighted by Gasteiger charge is 2.34. The van der Waals surface area contributed by atoms with E-state index >= 15 is 0 Å². The number of amides is 1. The predicted molar refractivity (Wildman–Crippen MR) is 88.6 cm³/mol. The number of hydrogen-bond acceptors (Lipinski definition) is 4. The molecule has 1 N–H and O–H groups in total. The van der Waals surface area contributed by atoms with Crippen molar-refractivity contribution in [2.45, 2.75) is 19.4 Å². The van der Waals surface area contributed by atoms with Crippen LogP contribution in [0.1, 0.15) is 11.1 Å². The lowest BCUT2D eigenvalue weighted by Gasteiger charge is -2.21. The molecule has 134 valence electrons. The highest BCUT2D eigenvalue weighted by atomic mass is 32.2. The molecule has 2 rings (SSSR count). The Morgan fingerprint density at radius 1 is 1.38 bits per heavy atom. The van der Waals surface area contributed by atoms with E-state index in [0.717, 1.165) is 0 Å². The molecule has 1 aromatic rings. The van der Waals surface area contributed by atoms with Crippen LogP contribution in [-0.4, -0.2) is 57.7 Å². The van der Waals surface area contributed by atoms with Crippen LogP contribution in [0.3, 0.4) is 0 Å². The van der Waals surface area contributed by atoms with Gasteiger partial charge >= 0.3 is 0 Å². The van der Waals surface area contributed by atoms with Crippen molar-refractivity contribution in [2.24, 2.45) is 5.92 Å². The topological polar surface area (TPSA) is 75.7 Å². The second kappa shape index (κ2) is 7.58. The largest absolute Gasteiger partial charge is 0.379 e. The van der Waals surface area contributed by atoms with Crippen molar-refractivity contribution < 1.29 is 22.3 Å². The number of hydrogen-bond donors (Lipinski definition) is 1. The van der Waals surface area contributed by atoms with Crippen molar-refractivity contribution in [1.29, 1.82) is 0 Å². The maximum atomic E-state index is 13.5. The van der Waals surface area contributed by atoms with E-state index in [2.05, 4.69) is 5.32 Å². The molecule has 0 bridgehead atoms. The van der Waals surface area contributed by atoms with E-state index in [1.165, 1.54) is 24.5 Å². The number of sulfonamides is 1. The molecular weight excluding hydrogens is 335 g/mol. The fraction of sp³-hybridized carbons (Fsp3) is 0.562. The Hall–Kier alpha value is -1.51. The maximum Gasteiger partial charge on any atom is 0.224 e. The number of nitrogens with zero attached hydrogens (tertiary/aromatic N) is 1. The van der Waals surface area contributed by atoms with Gasteiger partial charge in [-0.05, 0) is 24.1 Å². The lowest BCUT2D eigenvalue weighted by atomic mass is 10.0. The molecule has 1 amide bonds. The van der Waals surface area contributed by atoms with Gasteiger partial charge in [-0.2, -0.15) is 0 Å². The Morgan fingerprint density at radius 3 is 2.71 bits per heavy atom. The van der Waals surface area contributed by atoms with Gasteiger partial charge in [-0.3, -0.25) is 4.79 Å². The number of carbonyl (C=O) groups is 1. The number of ether oxygens (including phenoxy) is 1. The van der Waals surface area contributed by atoms with Crippen LogP contribution >= 0.6 is 0 Å². The number of nitrogens with one attached hydrogen (secondary N) is 1. The molecule has 1 aliphatic rings. The molecule has 1 heterocycles. The molecule has 6 nitrogen and oxygen atoms in total. The highest BCUT2D eigenvalue weighted by molar-refractivity contribution is 7.89. The second-order valence-corrected chi connectivity index (χ2v) is 8.52. The Bertz CT molecular complexity index is 706. The second-order valence-electron chi connectivity index (χ2n) is 6.29. The predicted octanol–water partition coefficient (Wildman–Crippen LogP) is 0.699. The van der Waals surface area contributed by atoms with Crippen molar-refractivity contribution in [1.82, 2.24) is 9.62 Å². The summed E-state index contributed by atoms with van der Waals surface area (Å²) in [6, 6.07) is 4.32. The zero-order chi connectivity index (χ0) is 17.9. The van der Waals surface area contributed by atoms with Gasteiger partial charge in [0.05, 0.1) is 31.4 Å². The van der Waals surface area contributed by atoms with E-state index in [4.69, 9.17) is 4.74 Å². The Kier molecular flexibility index (Phi) is 5.95. The van der Waals surface area contributed by atoms with Crippen LogP contribution in [0.2, 0.25) is 0 Å². The summed E-state index contributed by atoms with van der Waals surface area (Å²) < 4.78 is 44.0. The number of benzene rings is 1. The van der Waals surface area contributed by atoms with E-state index in [1.807, 2.05) is 0 Å². The molecule has 0 radical (unpaired) electrons. The molecule has 0 aromatic heterocycles. The van der Waals surface area contributed by atoms with Crippen LogP contribution < -0.4 is 5.32 Å². The zero-order valence-electron chi connectivity index (χ0n) is 14.1. The van der Waals surface area contributed by atoms with Gasteiger partial charge in [0.2, 0.25) is 15.9 Å². The van der Waals surface area contributed by atoms with Crippen LogP contribution in [-0.2, 0) is 26.0 Å². The number of halogens is 1. The first-order valence-electron chi connectivity index (χ1n) is 7.71. The number of rotatable bonds is 6. The van der Waals surface area contributed by atoms with Crippen molar-refractivity contribution >= 4 is 15.9 Å². The van der Waals surface area contributed by atoms with E-state index in [-0.39, 0.29) is 49.1 Å². The maximum absolute atomic E-state index is 13.5. The van der Waals surface area contributed by atoms with Crippen LogP contribution in [0.4, 0.5) is 4.39 Å². The molecular formula is C16H23FN2O4S. The Morgan fingerprint density at radius 2 is 2.08 bits per heavy atom. The van der Waals surface area contributed by atoms with Gasteiger partial charge in [0.25, 0.3) is 0 Å². The van der Waals surface area contributed by atoms with Crippen molar-refractivity contribution in [3.05, 3.63) is 35.1 Å². The average Bonchev–Trinajstić information content (AvgIpc) is 2.89. The van der Waals surface area contributed by atoms with E-state index < -0.39 is 10.0 Å². The zero-order valence-corrected chi connectivity index (χ0v) is 14.9. The minimum atomic E-state index is -3.37. The van der Waals surface area contributed by atoms with E-state index in [9.17, 15) is 17.6 Å². The first-order chi connectivity index (χ1) is 11.2. The van der Waals surface area contributed by atoms with Gasteiger partial charge in [0.15, 0.2) is 0 Å². The van der Waals surface area contributed by atoms with Gasteiger partial charge in [0, 0.05) is 20.0 Å². The summed E-state index contributed by atoms with van der Waals surface area (Å²) in [5.41, 5.74) is 1.10. The van der Waals surface area contributed by atoms with Crippen LogP contribution in [0, 0.1) is 18.7 Å². The lowest BCUT2D eigenvalue weighted by molar-refractivity contribution is -0.121. The highest BCUT2D eigenvalue weighted by Crippen LogP contribution is 2.17. The fourth-order valence-electron chi connectivity index (χ4n) is 2.53. The third kappa shape index (κ3) is 4.75. The normalized spacial score (nSPS) is 21.2. The van der Waals surface area contributed by atoms with Crippen LogP contribution in [0.15, 0.2) is 18.2 Å². The SMILES string of the molecule is Cc1ccc(CC(=O)N[C@@H]2COC[C@H]2CS(=O)(=O)N(C)C)cc1F. The summed E-state index contributed by atoms with van der Waals surface area (Å²) in [5.74, 6) is -0.999. The molecule has 2 atom stereocenters. The first-order valence-corrected chi connectivity index (χ1v) is 9.32. The minimum absolute atomic E-state index is 0.0425. The molecule has 1 fully saturated rings. The fourth-order valence-corrected chi connectivity index (χ4v) is 3.70. The van der Waals surface area contributed by atoms with Gasteiger partial charge < -0.3 is 10.1 Å². The molecule has 1 aromatic carbocycles. The van der Waals surface area contributed by atoms with Gasteiger partial charge in [-0.15, -0.1) is 0 Å².